The van der Waals surface area contributed by atoms with E-state index in [0.717, 1.165) is 107 Å². The number of nitrogens with zero attached hydrogens (tertiary/aromatic N) is 5. The number of ether oxygens (including phenoxy) is 1. The summed E-state index contributed by atoms with van der Waals surface area (Å²) >= 11 is 0. The minimum Gasteiger partial charge on any atom is -0.378 e. The first-order valence-electron chi connectivity index (χ1n) is 16.0. The third kappa shape index (κ3) is 8.05. The molecule has 3 aromatic rings. The first-order chi connectivity index (χ1) is 20.6. The number of carbonyl (C=O) groups is 1. The number of fused-ring (bicyclic) bond motifs is 1. The zero-order valence-corrected chi connectivity index (χ0v) is 25.9. The van der Waals surface area contributed by atoms with E-state index in [9.17, 15) is 4.79 Å². The molecule has 0 unspecified atom stereocenters. The van der Waals surface area contributed by atoms with E-state index in [4.69, 9.17) is 10.5 Å². The van der Waals surface area contributed by atoms with Crippen LogP contribution in [-0.2, 0) is 11.3 Å². The van der Waals surface area contributed by atoms with Gasteiger partial charge in [0.1, 0.15) is 23.5 Å². The molecule has 0 aromatic carbocycles. The summed E-state index contributed by atoms with van der Waals surface area (Å²) in [6.45, 7) is 13.9. The molecule has 0 radical (unpaired) electrons. The summed E-state index contributed by atoms with van der Waals surface area (Å²) < 4.78 is 5.51. The molecule has 6 rings (SSSR count). The Hall–Kier alpha value is -3.08. The lowest BCUT2D eigenvalue weighted by Crippen LogP contribution is -2.42. The molecule has 3 aliphatic rings. The standard InChI is InChI=1S/C28H38N8O2.2C2H6/c29-21-2-1-9-35(17-21)16-19-7-8-30-25(14-19)28(37)33-22-5-3-20(4-6-22)24-15-23-26(34-24)31-18-32-27(23)36-10-12-38-13-11-36;2*1-2/h7-8,14-15,18,20-22H,1-6,9-13,16-17,29H2,(H,33,37)(H,31,32,34);2*1-2H3/t20?,21-,22?;;/m1../s1. The highest BCUT2D eigenvalue weighted by atomic mass is 16.5. The number of aromatic nitrogens is 4. The number of aromatic amines is 1. The second-order valence-electron chi connectivity index (χ2n) is 11.0. The van der Waals surface area contributed by atoms with Crippen LogP contribution < -0.4 is 16.0 Å². The van der Waals surface area contributed by atoms with E-state index in [0.29, 0.717) is 11.6 Å². The summed E-state index contributed by atoms with van der Waals surface area (Å²) in [7, 11) is 0. The molecule has 2 saturated heterocycles. The van der Waals surface area contributed by atoms with Gasteiger partial charge in [0.05, 0.1) is 18.6 Å². The third-order valence-electron chi connectivity index (χ3n) is 8.24. The molecule has 3 aromatic heterocycles. The molecule has 10 nitrogen and oxygen atoms in total. The minimum atomic E-state index is -0.0818. The molecule has 1 saturated carbocycles. The first kappa shape index (κ1) is 31.8. The van der Waals surface area contributed by atoms with Gasteiger partial charge in [-0.3, -0.25) is 14.7 Å². The molecule has 230 valence electrons. The van der Waals surface area contributed by atoms with Crippen LogP contribution in [0.15, 0.2) is 30.7 Å². The van der Waals surface area contributed by atoms with Crippen molar-refractivity contribution in [3.8, 4) is 0 Å². The van der Waals surface area contributed by atoms with E-state index in [1.54, 1.807) is 12.5 Å². The zero-order chi connectivity index (χ0) is 29.9. The van der Waals surface area contributed by atoms with Gasteiger partial charge in [0, 0.05) is 50.2 Å². The van der Waals surface area contributed by atoms with Crippen LogP contribution in [0.4, 0.5) is 5.82 Å². The highest BCUT2D eigenvalue weighted by Crippen LogP contribution is 2.35. The van der Waals surface area contributed by atoms with Gasteiger partial charge in [-0.2, -0.15) is 0 Å². The van der Waals surface area contributed by atoms with Crippen LogP contribution in [0.5, 0.6) is 0 Å². The first-order valence-corrected chi connectivity index (χ1v) is 16.0. The lowest BCUT2D eigenvalue weighted by molar-refractivity contribution is 0.0920. The maximum atomic E-state index is 13.0. The Morgan fingerprint density at radius 2 is 1.79 bits per heavy atom. The predicted molar refractivity (Wildman–Crippen MR) is 169 cm³/mol. The van der Waals surface area contributed by atoms with Gasteiger partial charge < -0.3 is 25.7 Å². The van der Waals surface area contributed by atoms with E-state index < -0.39 is 0 Å². The molecule has 4 N–H and O–H groups in total. The van der Waals surface area contributed by atoms with E-state index in [1.807, 2.05) is 39.8 Å². The number of rotatable bonds is 6. The predicted octanol–water partition coefficient (Wildman–Crippen LogP) is 4.62. The summed E-state index contributed by atoms with van der Waals surface area (Å²) in [4.78, 5) is 34.7. The smallest absolute Gasteiger partial charge is 0.270 e. The van der Waals surface area contributed by atoms with Crippen LogP contribution in [0, 0.1) is 0 Å². The highest BCUT2D eigenvalue weighted by molar-refractivity contribution is 5.92. The van der Waals surface area contributed by atoms with Crippen LogP contribution in [-0.4, -0.2) is 82.2 Å². The molecule has 0 spiro atoms. The van der Waals surface area contributed by atoms with Crippen LogP contribution >= 0.6 is 0 Å². The van der Waals surface area contributed by atoms with E-state index in [2.05, 4.69) is 41.1 Å². The summed E-state index contributed by atoms with van der Waals surface area (Å²) in [5.74, 6) is 1.33. The largest absolute Gasteiger partial charge is 0.378 e. The molecule has 1 aliphatic carbocycles. The number of nitrogens with two attached hydrogens (primary N) is 1. The molecular formula is C32H50N8O2. The van der Waals surface area contributed by atoms with Gasteiger partial charge in [-0.25, -0.2) is 9.97 Å². The normalized spacial score (nSPS) is 22.9. The fourth-order valence-corrected chi connectivity index (χ4v) is 6.19. The average molecular weight is 579 g/mol. The second-order valence-corrected chi connectivity index (χ2v) is 11.0. The lowest BCUT2D eigenvalue weighted by atomic mass is 9.84. The van der Waals surface area contributed by atoms with Crippen LogP contribution in [0.1, 0.15) is 93.9 Å². The summed E-state index contributed by atoms with van der Waals surface area (Å²) in [6.07, 6.45) is 9.52. The quantitative estimate of drug-likeness (QED) is 0.387. The number of hydrogen-bond acceptors (Lipinski definition) is 8. The Morgan fingerprint density at radius 3 is 2.52 bits per heavy atom. The molecule has 10 heteroatoms. The van der Waals surface area contributed by atoms with E-state index >= 15 is 0 Å². The number of piperidine rings is 1. The van der Waals surface area contributed by atoms with Gasteiger partial charge in [0.25, 0.3) is 5.91 Å². The number of pyridine rings is 1. The van der Waals surface area contributed by atoms with Crippen molar-refractivity contribution in [2.45, 2.75) is 90.8 Å². The molecule has 5 heterocycles. The van der Waals surface area contributed by atoms with Crippen LogP contribution in [0.3, 0.4) is 0 Å². The topological polar surface area (TPSA) is 125 Å². The molecule has 1 amide bonds. The third-order valence-corrected chi connectivity index (χ3v) is 8.24. The van der Waals surface area contributed by atoms with Crippen molar-refractivity contribution in [2.75, 3.05) is 44.3 Å². The number of amides is 1. The minimum absolute atomic E-state index is 0.0818. The Kier molecular flexibility index (Phi) is 12.1. The van der Waals surface area contributed by atoms with Gasteiger partial charge >= 0.3 is 0 Å². The number of H-pyrrole nitrogens is 1. The van der Waals surface area contributed by atoms with Crippen LogP contribution in [0.2, 0.25) is 0 Å². The Balaban J connectivity index is 0.000000972. The van der Waals surface area contributed by atoms with Crippen LogP contribution in [0.25, 0.3) is 11.0 Å². The summed E-state index contributed by atoms with van der Waals surface area (Å²) in [5.41, 5.74) is 9.85. The molecule has 2 aliphatic heterocycles. The van der Waals surface area contributed by atoms with Gasteiger partial charge in [0.15, 0.2) is 0 Å². The molecule has 42 heavy (non-hydrogen) atoms. The fourth-order valence-electron chi connectivity index (χ4n) is 6.19. The molecule has 1 atom stereocenters. The summed E-state index contributed by atoms with van der Waals surface area (Å²) in [5, 5.41) is 4.32. The molecule has 0 bridgehead atoms. The molecular weight excluding hydrogens is 528 g/mol. The van der Waals surface area contributed by atoms with Crippen molar-refractivity contribution in [1.29, 1.82) is 0 Å². The summed E-state index contributed by atoms with van der Waals surface area (Å²) in [6, 6.07) is 6.56. The monoisotopic (exact) mass is 578 g/mol. The number of carbonyl (C=O) groups excluding carboxylic acids is 1. The fraction of sp³-hybridized carbons (Fsp3) is 0.625. The van der Waals surface area contributed by atoms with Gasteiger partial charge in [-0.05, 0) is 74.8 Å². The van der Waals surface area contributed by atoms with Crippen molar-refractivity contribution in [3.63, 3.8) is 0 Å². The number of hydrogen-bond donors (Lipinski definition) is 3. The molecule has 3 fully saturated rings. The SMILES string of the molecule is CC.CC.N[C@@H]1CCCN(Cc2ccnc(C(=O)NC3CCC(c4cc5c(N6CCOCC6)ncnc5[nH]4)CC3)c2)C1. The Morgan fingerprint density at radius 1 is 1.02 bits per heavy atom. The lowest BCUT2D eigenvalue weighted by Gasteiger charge is -2.30. The Labute approximate surface area is 250 Å². The zero-order valence-electron chi connectivity index (χ0n) is 25.9. The van der Waals surface area contributed by atoms with E-state index in [-0.39, 0.29) is 18.0 Å². The van der Waals surface area contributed by atoms with Crippen molar-refractivity contribution >= 4 is 22.8 Å². The van der Waals surface area contributed by atoms with Crippen molar-refractivity contribution < 1.29 is 9.53 Å². The van der Waals surface area contributed by atoms with Crippen molar-refractivity contribution in [3.05, 3.63) is 47.7 Å². The second kappa shape index (κ2) is 16.0. The number of nitrogens with one attached hydrogen (secondary N) is 2. The Bertz CT molecular complexity index is 1250. The highest BCUT2D eigenvalue weighted by Gasteiger charge is 2.27. The van der Waals surface area contributed by atoms with Crippen molar-refractivity contribution in [1.82, 2.24) is 30.2 Å². The maximum absolute atomic E-state index is 13.0. The number of likely N-dealkylation sites (tertiary alicyclic amines) is 1. The van der Waals surface area contributed by atoms with Gasteiger partial charge in [-0.15, -0.1) is 0 Å². The van der Waals surface area contributed by atoms with Gasteiger partial charge in [0.2, 0.25) is 0 Å². The average Bonchev–Trinajstić information content (AvgIpc) is 3.49. The number of anilines is 1. The van der Waals surface area contributed by atoms with Crippen molar-refractivity contribution in [2.24, 2.45) is 5.73 Å². The maximum Gasteiger partial charge on any atom is 0.270 e. The van der Waals surface area contributed by atoms with Gasteiger partial charge in [-0.1, -0.05) is 27.7 Å². The number of morpholine rings is 1. The van der Waals surface area contributed by atoms with E-state index in [1.165, 1.54) is 5.69 Å².